The van der Waals surface area contributed by atoms with E-state index in [0.29, 0.717) is 5.82 Å². The molecule has 1 aromatic carbocycles. The standard InChI is InChI=1S/C13H13F2N3/c1-7(2)13-17-10(6-11(16)18-13)12-8(14)4-3-5-9(12)15/h3-7H,1-2H3,(H2,16,17,18). The first-order valence-corrected chi connectivity index (χ1v) is 5.58. The van der Waals surface area contributed by atoms with Gasteiger partial charge < -0.3 is 5.73 Å². The van der Waals surface area contributed by atoms with E-state index in [9.17, 15) is 8.78 Å². The molecule has 1 heterocycles. The summed E-state index contributed by atoms with van der Waals surface area (Å²) in [6, 6.07) is 5.05. The number of benzene rings is 1. The van der Waals surface area contributed by atoms with Gasteiger partial charge in [0.25, 0.3) is 0 Å². The summed E-state index contributed by atoms with van der Waals surface area (Å²) in [5, 5.41) is 0. The first-order chi connectivity index (χ1) is 8.49. The minimum absolute atomic E-state index is 0.0297. The van der Waals surface area contributed by atoms with Crippen molar-refractivity contribution in [2.75, 3.05) is 5.73 Å². The van der Waals surface area contributed by atoms with Crippen LogP contribution in [0.15, 0.2) is 24.3 Å². The molecule has 5 heteroatoms. The zero-order valence-electron chi connectivity index (χ0n) is 10.1. The van der Waals surface area contributed by atoms with E-state index >= 15 is 0 Å². The van der Waals surface area contributed by atoms with Crippen LogP contribution in [0.2, 0.25) is 0 Å². The van der Waals surface area contributed by atoms with Crippen LogP contribution in [-0.4, -0.2) is 9.97 Å². The molecule has 2 aromatic rings. The second kappa shape index (κ2) is 4.68. The van der Waals surface area contributed by atoms with Crippen molar-refractivity contribution < 1.29 is 8.78 Å². The summed E-state index contributed by atoms with van der Waals surface area (Å²) in [6.07, 6.45) is 0. The van der Waals surface area contributed by atoms with E-state index in [1.807, 2.05) is 13.8 Å². The van der Waals surface area contributed by atoms with Crippen molar-refractivity contribution in [1.29, 1.82) is 0 Å². The van der Waals surface area contributed by atoms with Gasteiger partial charge in [-0.2, -0.15) is 0 Å². The molecular weight excluding hydrogens is 236 g/mol. The molecule has 0 unspecified atom stereocenters. The number of halogens is 2. The highest BCUT2D eigenvalue weighted by Crippen LogP contribution is 2.26. The quantitative estimate of drug-likeness (QED) is 0.889. The third-order valence-electron chi connectivity index (χ3n) is 2.50. The van der Waals surface area contributed by atoms with Gasteiger partial charge in [-0.05, 0) is 12.1 Å². The zero-order chi connectivity index (χ0) is 13.3. The molecule has 0 aliphatic heterocycles. The number of rotatable bonds is 2. The lowest BCUT2D eigenvalue weighted by Gasteiger charge is -2.09. The fraction of sp³-hybridized carbons (Fsp3) is 0.231. The van der Waals surface area contributed by atoms with E-state index in [1.165, 1.54) is 24.3 Å². The summed E-state index contributed by atoms with van der Waals surface area (Å²) < 4.78 is 27.3. The molecular formula is C13H13F2N3. The maximum Gasteiger partial charge on any atom is 0.135 e. The second-order valence-corrected chi connectivity index (χ2v) is 4.29. The van der Waals surface area contributed by atoms with Gasteiger partial charge >= 0.3 is 0 Å². The van der Waals surface area contributed by atoms with Crippen LogP contribution in [0.4, 0.5) is 14.6 Å². The Hall–Kier alpha value is -2.04. The summed E-state index contributed by atoms with van der Waals surface area (Å²) >= 11 is 0. The van der Waals surface area contributed by atoms with Gasteiger partial charge in [0.2, 0.25) is 0 Å². The van der Waals surface area contributed by atoms with E-state index in [1.54, 1.807) is 0 Å². The van der Waals surface area contributed by atoms with Crippen molar-refractivity contribution in [1.82, 2.24) is 9.97 Å². The number of nitrogens with zero attached hydrogens (tertiary/aromatic N) is 2. The average Bonchev–Trinajstić information content (AvgIpc) is 2.28. The fourth-order valence-corrected chi connectivity index (χ4v) is 1.61. The molecule has 0 saturated heterocycles. The van der Waals surface area contributed by atoms with Crippen LogP contribution in [0.25, 0.3) is 11.3 Å². The number of nitrogens with two attached hydrogens (primary N) is 1. The minimum Gasteiger partial charge on any atom is -0.384 e. The maximum atomic E-state index is 13.7. The lowest BCUT2D eigenvalue weighted by Crippen LogP contribution is -2.04. The molecule has 0 fully saturated rings. The molecule has 0 amide bonds. The summed E-state index contributed by atoms with van der Waals surface area (Å²) in [5.74, 6) is -0.633. The van der Waals surface area contributed by atoms with Crippen molar-refractivity contribution in [3.8, 4) is 11.3 Å². The topological polar surface area (TPSA) is 51.8 Å². The molecule has 18 heavy (non-hydrogen) atoms. The summed E-state index contributed by atoms with van der Waals surface area (Å²) in [6.45, 7) is 3.77. The zero-order valence-corrected chi connectivity index (χ0v) is 10.1. The minimum atomic E-state index is -0.664. The van der Waals surface area contributed by atoms with E-state index in [2.05, 4.69) is 9.97 Å². The maximum absolute atomic E-state index is 13.7. The van der Waals surface area contributed by atoms with Crippen LogP contribution < -0.4 is 5.73 Å². The largest absolute Gasteiger partial charge is 0.384 e. The Morgan fingerprint density at radius 1 is 1.11 bits per heavy atom. The molecule has 0 aliphatic rings. The normalized spacial score (nSPS) is 10.9. The number of anilines is 1. The predicted octanol–water partition coefficient (Wildman–Crippen LogP) is 3.13. The van der Waals surface area contributed by atoms with Gasteiger partial charge in [0.15, 0.2) is 0 Å². The Balaban J connectivity index is 2.64. The third-order valence-corrected chi connectivity index (χ3v) is 2.50. The summed E-state index contributed by atoms with van der Waals surface area (Å²) in [4.78, 5) is 8.19. The van der Waals surface area contributed by atoms with Crippen LogP contribution in [0.3, 0.4) is 0 Å². The number of hydrogen-bond donors (Lipinski definition) is 1. The number of nitrogen functional groups attached to an aromatic ring is 1. The van der Waals surface area contributed by atoms with Crippen molar-refractivity contribution >= 4 is 5.82 Å². The Morgan fingerprint density at radius 2 is 1.72 bits per heavy atom. The lowest BCUT2D eigenvalue weighted by atomic mass is 10.1. The lowest BCUT2D eigenvalue weighted by molar-refractivity contribution is 0.588. The van der Waals surface area contributed by atoms with E-state index < -0.39 is 11.6 Å². The van der Waals surface area contributed by atoms with Crippen LogP contribution in [0.1, 0.15) is 25.6 Å². The van der Waals surface area contributed by atoms with E-state index in [0.717, 1.165) is 0 Å². The summed E-state index contributed by atoms with van der Waals surface area (Å²) in [7, 11) is 0. The molecule has 0 radical (unpaired) electrons. The van der Waals surface area contributed by atoms with Crippen molar-refractivity contribution in [2.45, 2.75) is 19.8 Å². The second-order valence-electron chi connectivity index (χ2n) is 4.29. The Kier molecular flexibility index (Phi) is 3.23. The third kappa shape index (κ3) is 2.30. The van der Waals surface area contributed by atoms with Gasteiger partial charge in [0, 0.05) is 12.0 Å². The molecule has 0 aliphatic carbocycles. The van der Waals surface area contributed by atoms with Crippen LogP contribution in [-0.2, 0) is 0 Å². The molecule has 94 valence electrons. The number of hydrogen-bond acceptors (Lipinski definition) is 3. The van der Waals surface area contributed by atoms with E-state index in [-0.39, 0.29) is 23.0 Å². The highest BCUT2D eigenvalue weighted by Gasteiger charge is 2.15. The van der Waals surface area contributed by atoms with Crippen molar-refractivity contribution in [2.24, 2.45) is 0 Å². The molecule has 3 nitrogen and oxygen atoms in total. The first kappa shape index (κ1) is 12.4. The molecule has 0 atom stereocenters. The highest BCUT2D eigenvalue weighted by atomic mass is 19.1. The predicted molar refractivity (Wildman–Crippen MR) is 65.9 cm³/mol. The van der Waals surface area contributed by atoms with Gasteiger partial charge in [-0.25, -0.2) is 18.7 Å². The molecule has 0 spiro atoms. The van der Waals surface area contributed by atoms with Crippen LogP contribution in [0, 0.1) is 11.6 Å². The Morgan fingerprint density at radius 3 is 2.28 bits per heavy atom. The van der Waals surface area contributed by atoms with Crippen molar-refractivity contribution in [3.05, 3.63) is 41.7 Å². The summed E-state index contributed by atoms with van der Waals surface area (Å²) in [5.41, 5.74) is 5.63. The Bertz CT molecular complexity index is 562. The van der Waals surface area contributed by atoms with Crippen molar-refractivity contribution in [3.63, 3.8) is 0 Å². The van der Waals surface area contributed by atoms with Gasteiger partial charge in [-0.1, -0.05) is 19.9 Å². The molecule has 2 rings (SSSR count). The monoisotopic (exact) mass is 249 g/mol. The van der Waals surface area contributed by atoms with Gasteiger partial charge in [0.1, 0.15) is 23.3 Å². The molecule has 0 saturated carbocycles. The molecule has 0 bridgehead atoms. The Labute approximate surface area is 104 Å². The highest BCUT2D eigenvalue weighted by molar-refractivity contribution is 5.63. The number of aromatic nitrogens is 2. The fourth-order valence-electron chi connectivity index (χ4n) is 1.61. The van der Waals surface area contributed by atoms with Gasteiger partial charge in [-0.3, -0.25) is 0 Å². The van der Waals surface area contributed by atoms with Gasteiger partial charge in [0.05, 0.1) is 11.3 Å². The average molecular weight is 249 g/mol. The SMILES string of the molecule is CC(C)c1nc(N)cc(-c2c(F)cccc2F)n1. The molecule has 1 aromatic heterocycles. The van der Waals surface area contributed by atoms with Crippen LogP contribution >= 0.6 is 0 Å². The first-order valence-electron chi connectivity index (χ1n) is 5.58. The molecule has 2 N–H and O–H groups in total. The van der Waals surface area contributed by atoms with Gasteiger partial charge in [-0.15, -0.1) is 0 Å². The smallest absolute Gasteiger partial charge is 0.135 e. The van der Waals surface area contributed by atoms with Crippen LogP contribution in [0.5, 0.6) is 0 Å². The van der Waals surface area contributed by atoms with E-state index in [4.69, 9.17) is 5.73 Å².